The third kappa shape index (κ3) is 8.24. The number of allylic oxidation sites excluding steroid dienone is 1. The molecule has 1 saturated heterocycles. The molecule has 0 amide bonds. The molecule has 3 heterocycles. The highest BCUT2D eigenvalue weighted by atomic mass is 16.5. The number of hydrogen-bond donors (Lipinski definition) is 0. The molecular weight excluding hydrogens is 202 g/mol. The zero-order chi connectivity index (χ0) is 11.3. The molecule has 1 fully saturated rings. The van der Waals surface area contributed by atoms with Gasteiger partial charge in [-0.25, -0.2) is 0 Å². The van der Waals surface area contributed by atoms with Crippen LogP contribution in [0.2, 0.25) is 0 Å². The van der Waals surface area contributed by atoms with Gasteiger partial charge < -0.3 is 9.47 Å². The van der Waals surface area contributed by atoms with Crippen molar-refractivity contribution >= 4 is 6.21 Å². The van der Waals surface area contributed by atoms with Crippen LogP contribution in [0.3, 0.4) is 0 Å². The molecule has 0 aromatic heterocycles. The summed E-state index contributed by atoms with van der Waals surface area (Å²) in [5.41, 5.74) is 0. The summed E-state index contributed by atoms with van der Waals surface area (Å²) in [6, 6.07) is 0. The smallest absolute Gasteiger partial charge is 0.0908 e. The first-order valence-corrected chi connectivity index (χ1v) is 5.99. The Balaban J connectivity index is 0.000000121. The summed E-state index contributed by atoms with van der Waals surface area (Å²) in [5, 5.41) is 0. The molecule has 0 radical (unpaired) electrons. The number of rotatable bonds is 0. The molecule has 3 nitrogen and oxygen atoms in total. The van der Waals surface area contributed by atoms with E-state index in [2.05, 4.69) is 11.1 Å². The Labute approximate surface area is 97.9 Å². The number of ether oxygens (including phenoxy) is 2. The topological polar surface area (TPSA) is 30.8 Å². The lowest BCUT2D eigenvalue weighted by atomic mass is 10.3. The molecular formula is C13H21NO2. The van der Waals surface area contributed by atoms with Crippen molar-refractivity contribution in [3.63, 3.8) is 0 Å². The van der Waals surface area contributed by atoms with E-state index < -0.39 is 0 Å². The third-order valence-electron chi connectivity index (χ3n) is 2.17. The van der Waals surface area contributed by atoms with Crippen LogP contribution < -0.4 is 0 Å². The average molecular weight is 223 g/mol. The second-order valence-electron chi connectivity index (χ2n) is 3.62. The van der Waals surface area contributed by atoms with Gasteiger partial charge in [-0.3, -0.25) is 4.99 Å². The van der Waals surface area contributed by atoms with Crippen molar-refractivity contribution in [3.8, 4) is 0 Å². The molecule has 0 saturated carbocycles. The molecule has 0 aromatic carbocycles. The predicted octanol–water partition coefficient (Wildman–Crippen LogP) is 2.73. The molecule has 0 unspecified atom stereocenters. The highest BCUT2D eigenvalue weighted by molar-refractivity contribution is 5.71. The largest absolute Gasteiger partial charge is 0.501 e. The summed E-state index contributed by atoms with van der Waals surface area (Å²) >= 11 is 0. The molecule has 0 aromatic rings. The van der Waals surface area contributed by atoms with Crippen molar-refractivity contribution in [2.75, 3.05) is 26.4 Å². The van der Waals surface area contributed by atoms with Gasteiger partial charge in [-0.2, -0.15) is 0 Å². The van der Waals surface area contributed by atoms with Gasteiger partial charge in [-0.05, 0) is 31.4 Å². The van der Waals surface area contributed by atoms with Crippen LogP contribution in [0.25, 0.3) is 0 Å². The Hall–Kier alpha value is -1.09. The van der Waals surface area contributed by atoms with E-state index >= 15 is 0 Å². The molecule has 0 spiro atoms. The Morgan fingerprint density at radius 2 is 1.81 bits per heavy atom. The molecule has 3 rings (SSSR count). The standard InChI is InChI=1S/C5H7N.C4H8O.C4H6O/c1-2-4-6-5-3-1;2*1-2-4-5-3-1/h1-2,4H,3,5H2;1-4H2;1,3H,2,4H2. The van der Waals surface area contributed by atoms with Gasteiger partial charge in [-0.1, -0.05) is 6.08 Å². The summed E-state index contributed by atoms with van der Waals surface area (Å²) < 4.78 is 9.71. The van der Waals surface area contributed by atoms with Crippen molar-refractivity contribution < 1.29 is 9.47 Å². The summed E-state index contributed by atoms with van der Waals surface area (Å²) in [4.78, 5) is 3.97. The zero-order valence-corrected chi connectivity index (χ0v) is 9.81. The van der Waals surface area contributed by atoms with Crippen LogP contribution in [0.1, 0.15) is 25.7 Å². The quantitative estimate of drug-likeness (QED) is 0.632. The molecule has 3 heteroatoms. The van der Waals surface area contributed by atoms with Gasteiger partial charge in [0.2, 0.25) is 0 Å². The van der Waals surface area contributed by atoms with Crippen LogP contribution in [0, 0.1) is 0 Å². The monoisotopic (exact) mass is 223 g/mol. The second kappa shape index (κ2) is 10.4. The molecule has 90 valence electrons. The van der Waals surface area contributed by atoms with Crippen LogP contribution in [-0.4, -0.2) is 32.6 Å². The fraction of sp³-hybridized carbons (Fsp3) is 0.615. The number of dihydropyridines is 1. The lowest BCUT2D eigenvalue weighted by Gasteiger charge is -1.88. The van der Waals surface area contributed by atoms with Crippen molar-refractivity contribution in [1.29, 1.82) is 0 Å². The fourth-order valence-electron chi connectivity index (χ4n) is 1.29. The molecule has 3 aliphatic rings. The third-order valence-corrected chi connectivity index (χ3v) is 2.17. The van der Waals surface area contributed by atoms with Gasteiger partial charge >= 0.3 is 0 Å². The first-order valence-electron chi connectivity index (χ1n) is 5.99. The van der Waals surface area contributed by atoms with Crippen LogP contribution >= 0.6 is 0 Å². The van der Waals surface area contributed by atoms with Gasteiger partial charge in [-0.15, -0.1) is 0 Å². The number of aliphatic imine (C=N–C) groups is 1. The van der Waals surface area contributed by atoms with E-state index in [4.69, 9.17) is 9.47 Å². The van der Waals surface area contributed by atoms with E-state index in [1.807, 2.05) is 18.4 Å². The van der Waals surface area contributed by atoms with Gasteiger partial charge in [0, 0.05) is 32.4 Å². The van der Waals surface area contributed by atoms with E-state index in [0.29, 0.717) is 0 Å². The van der Waals surface area contributed by atoms with E-state index in [1.54, 1.807) is 6.26 Å². The van der Waals surface area contributed by atoms with E-state index in [1.165, 1.54) is 12.8 Å². The van der Waals surface area contributed by atoms with Crippen molar-refractivity contribution in [2.45, 2.75) is 25.7 Å². The highest BCUT2D eigenvalue weighted by Crippen LogP contribution is 1.98. The molecule has 3 aliphatic heterocycles. The Bertz CT molecular complexity index is 204. The van der Waals surface area contributed by atoms with Crippen molar-refractivity contribution in [1.82, 2.24) is 0 Å². The Morgan fingerprint density at radius 3 is 2.00 bits per heavy atom. The SMILES string of the molecule is C1=CCCN=C1.C1=COCC1.C1CCOC1. The molecule has 0 atom stereocenters. The fourth-order valence-corrected chi connectivity index (χ4v) is 1.29. The van der Waals surface area contributed by atoms with Gasteiger partial charge in [0.25, 0.3) is 0 Å². The summed E-state index contributed by atoms with van der Waals surface area (Å²) in [7, 11) is 0. The van der Waals surface area contributed by atoms with Crippen molar-refractivity contribution in [3.05, 3.63) is 24.5 Å². The van der Waals surface area contributed by atoms with Crippen LogP contribution in [0.5, 0.6) is 0 Å². The second-order valence-corrected chi connectivity index (χ2v) is 3.62. The highest BCUT2D eigenvalue weighted by Gasteiger charge is 1.94. The summed E-state index contributed by atoms with van der Waals surface area (Å²) in [5.74, 6) is 0. The molecule has 0 aliphatic carbocycles. The maximum Gasteiger partial charge on any atom is 0.0908 e. The van der Waals surface area contributed by atoms with E-state index in [-0.39, 0.29) is 0 Å². The first-order chi connectivity index (χ1) is 8.00. The van der Waals surface area contributed by atoms with Crippen LogP contribution in [0.4, 0.5) is 0 Å². The van der Waals surface area contributed by atoms with Crippen molar-refractivity contribution in [2.24, 2.45) is 4.99 Å². The van der Waals surface area contributed by atoms with Gasteiger partial charge in [0.15, 0.2) is 0 Å². The van der Waals surface area contributed by atoms with Crippen LogP contribution in [-0.2, 0) is 9.47 Å². The molecule has 0 N–H and O–H groups in total. The first kappa shape index (κ1) is 13.0. The van der Waals surface area contributed by atoms with E-state index in [0.717, 1.165) is 39.2 Å². The Kier molecular flexibility index (Phi) is 8.46. The number of nitrogens with zero attached hydrogens (tertiary/aromatic N) is 1. The van der Waals surface area contributed by atoms with Crippen LogP contribution in [0.15, 0.2) is 29.5 Å². The lowest BCUT2D eigenvalue weighted by Crippen LogP contribution is -1.81. The minimum absolute atomic E-state index is 0.889. The summed E-state index contributed by atoms with van der Waals surface area (Å²) in [6.45, 7) is 3.87. The minimum atomic E-state index is 0.889. The van der Waals surface area contributed by atoms with E-state index in [9.17, 15) is 0 Å². The lowest BCUT2D eigenvalue weighted by molar-refractivity contribution is 0.198. The van der Waals surface area contributed by atoms with Gasteiger partial charge in [0.1, 0.15) is 0 Å². The minimum Gasteiger partial charge on any atom is -0.501 e. The maximum atomic E-state index is 4.94. The normalized spacial score (nSPS) is 20.5. The average Bonchev–Trinajstić information content (AvgIpc) is 3.10. The zero-order valence-electron chi connectivity index (χ0n) is 9.81. The number of hydrogen-bond acceptors (Lipinski definition) is 3. The maximum absolute atomic E-state index is 4.94. The Morgan fingerprint density at radius 1 is 0.938 bits per heavy atom. The summed E-state index contributed by atoms with van der Waals surface area (Å²) in [6.07, 6.45) is 14.5. The predicted molar refractivity (Wildman–Crippen MR) is 66.9 cm³/mol. The van der Waals surface area contributed by atoms with Gasteiger partial charge in [0.05, 0.1) is 12.9 Å². The molecule has 0 bridgehead atoms. The molecule has 16 heavy (non-hydrogen) atoms.